The fourth-order valence-corrected chi connectivity index (χ4v) is 2.99. The number of thiazole rings is 1. The van der Waals surface area contributed by atoms with Crippen molar-refractivity contribution in [2.75, 3.05) is 11.4 Å². The van der Waals surface area contributed by atoms with Gasteiger partial charge >= 0.3 is 0 Å². The van der Waals surface area contributed by atoms with Crippen molar-refractivity contribution in [3.63, 3.8) is 0 Å². The lowest BCUT2D eigenvalue weighted by atomic mass is 10.2. The van der Waals surface area contributed by atoms with Crippen molar-refractivity contribution in [3.05, 3.63) is 47.4 Å². The molecule has 6 heteroatoms. The number of aliphatic hydroxyl groups excluding tert-OH is 1. The summed E-state index contributed by atoms with van der Waals surface area (Å²) < 4.78 is 1.95. The van der Waals surface area contributed by atoms with Crippen LogP contribution in [-0.2, 0) is 13.2 Å². The van der Waals surface area contributed by atoms with Crippen molar-refractivity contribution >= 4 is 22.1 Å². The van der Waals surface area contributed by atoms with E-state index in [1.165, 1.54) is 5.56 Å². The first-order chi connectivity index (χ1) is 9.83. The maximum atomic E-state index is 9.64. The van der Waals surface area contributed by atoms with Crippen molar-refractivity contribution in [2.45, 2.75) is 20.1 Å². The minimum absolute atomic E-state index is 0.0138. The highest BCUT2D eigenvalue weighted by Crippen LogP contribution is 2.25. The monoisotopic (exact) mass is 288 g/mol. The molecule has 0 aliphatic rings. The van der Waals surface area contributed by atoms with E-state index in [1.807, 2.05) is 28.1 Å². The fourth-order valence-electron chi connectivity index (χ4n) is 2.27. The van der Waals surface area contributed by atoms with Gasteiger partial charge < -0.3 is 10.0 Å². The Morgan fingerprint density at radius 1 is 1.35 bits per heavy atom. The highest BCUT2D eigenvalue weighted by atomic mass is 32.1. The third-order valence-corrected chi connectivity index (χ3v) is 4.05. The van der Waals surface area contributed by atoms with Crippen LogP contribution in [0.3, 0.4) is 0 Å². The van der Waals surface area contributed by atoms with Crippen LogP contribution in [0, 0.1) is 0 Å². The lowest BCUT2D eigenvalue weighted by Crippen LogP contribution is -2.23. The van der Waals surface area contributed by atoms with Crippen LogP contribution in [0.2, 0.25) is 0 Å². The van der Waals surface area contributed by atoms with E-state index in [9.17, 15) is 5.11 Å². The van der Waals surface area contributed by atoms with Gasteiger partial charge in [-0.3, -0.25) is 9.38 Å². The summed E-state index contributed by atoms with van der Waals surface area (Å²) in [7, 11) is 0. The van der Waals surface area contributed by atoms with Crippen LogP contribution in [0.4, 0.5) is 5.82 Å². The Labute approximate surface area is 121 Å². The number of fused-ring (bicyclic) bond motifs is 1. The van der Waals surface area contributed by atoms with Crippen molar-refractivity contribution in [1.82, 2.24) is 14.4 Å². The van der Waals surface area contributed by atoms with Gasteiger partial charge in [-0.25, -0.2) is 4.98 Å². The third-order valence-electron chi connectivity index (χ3n) is 3.29. The summed E-state index contributed by atoms with van der Waals surface area (Å²) in [4.78, 5) is 11.8. The predicted molar refractivity (Wildman–Crippen MR) is 80.0 cm³/mol. The van der Waals surface area contributed by atoms with Gasteiger partial charge in [-0.15, -0.1) is 11.3 Å². The number of aromatic nitrogens is 3. The molecule has 3 rings (SSSR count). The lowest BCUT2D eigenvalue weighted by Gasteiger charge is -2.21. The molecule has 20 heavy (non-hydrogen) atoms. The fraction of sp³-hybridized carbons (Fsp3) is 0.286. The SMILES string of the molecule is CCN(Cc1ccncc1)c1nc2sccn2c1CO. The van der Waals surface area contributed by atoms with Gasteiger partial charge in [0.05, 0.1) is 12.3 Å². The van der Waals surface area contributed by atoms with Crippen LogP contribution >= 0.6 is 11.3 Å². The molecule has 0 saturated heterocycles. The summed E-state index contributed by atoms with van der Waals surface area (Å²) in [6.07, 6.45) is 5.53. The van der Waals surface area contributed by atoms with Crippen molar-refractivity contribution in [1.29, 1.82) is 0 Å². The Hall–Kier alpha value is -1.92. The average molecular weight is 288 g/mol. The zero-order chi connectivity index (χ0) is 13.9. The number of aliphatic hydroxyl groups is 1. The number of rotatable bonds is 5. The van der Waals surface area contributed by atoms with Crippen LogP contribution < -0.4 is 4.90 Å². The Morgan fingerprint density at radius 3 is 2.85 bits per heavy atom. The largest absolute Gasteiger partial charge is 0.390 e. The Balaban J connectivity index is 1.96. The van der Waals surface area contributed by atoms with E-state index >= 15 is 0 Å². The van der Waals surface area contributed by atoms with Crippen molar-refractivity contribution in [3.8, 4) is 0 Å². The standard InChI is InChI=1S/C14H16N4OS/c1-2-17(9-11-3-5-15-6-4-11)13-12(10-19)18-7-8-20-14(18)16-13/h3-8,19H,2,9-10H2,1H3. The van der Waals surface area contributed by atoms with Crippen LogP contribution in [-0.4, -0.2) is 26.0 Å². The molecule has 3 aromatic heterocycles. The molecule has 3 heterocycles. The summed E-state index contributed by atoms with van der Waals surface area (Å²) in [5.74, 6) is 0.860. The molecule has 0 spiro atoms. The van der Waals surface area contributed by atoms with Gasteiger partial charge in [0.2, 0.25) is 0 Å². The van der Waals surface area contributed by atoms with E-state index in [2.05, 4.69) is 21.8 Å². The maximum absolute atomic E-state index is 9.64. The topological polar surface area (TPSA) is 53.7 Å². The molecule has 1 N–H and O–H groups in total. The van der Waals surface area contributed by atoms with Gasteiger partial charge in [0.1, 0.15) is 0 Å². The zero-order valence-electron chi connectivity index (χ0n) is 11.2. The van der Waals surface area contributed by atoms with Crippen LogP contribution in [0.25, 0.3) is 4.96 Å². The molecule has 0 aliphatic heterocycles. The van der Waals surface area contributed by atoms with Gasteiger partial charge in [0.15, 0.2) is 10.8 Å². The zero-order valence-corrected chi connectivity index (χ0v) is 12.0. The van der Waals surface area contributed by atoms with E-state index in [1.54, 1.807) is 23.7 Å². The van der Waals surface area contributed by atoms with Gasteiger partial charge in [-0.05, 0) is 24.6 Å². The Morgan fingerprint density at radius 2 is 2.15 bits per heavy atom. The smallest absolute Gasteiger partial charge is 0.195 e. The molecular weight excluding hydrogens is 272 g/mol. The van der Waals surface area contributed by atoms with Gasteiger partial charge in [-0.1, -0.05) is 0 Å². The molecule has 0 atom stereocenters. The lowest BCUT2D eigenvalue weighted by molar-refractivity contribution is 0.276. The minimum Gasteiger partial charge on any atom is -0.390 e. The van der Waals surface area contributed by atoms with E-state index < -0.39 is 0 Å². The normalized spacial score (nSPS) is 11.1. The number of imidazole rings is 1. The highest BCUT2D eigenvalue weighted by Gasteiger charge is 2.17. The van der Waals surface area contributed by atoms with Crippen molar-refractivity contribution < 1.29 is 5.11 Å². The number of pyridine rings is 1. The Bertz CT molecular complexity index is 692. The van der Waals surface area contributed by atoms with Crippen molar-refractivity contribution in [2.24, 2.45) is 0 Å². The summed E-state index contributed by atoms with van der Waals surface area (Å²) in [5, 5.41) is 11.6. The van der Waals surface area contributed by atoms with Crippen LogP contribution in [0.1, 0.15) is 18.2 Å². The first-order valence-electron chi connectivity index (χ1n) is 6.52. The molecule has 0 bridgehead atoms. The van der Waals surface area contributed by atoms with Gasteiger partial charge in [0, 0.05) is 37.1 Å². The first-order valence-corrected chi connectivity index (χ1v) is 7.40. The van der Waals surface area contributed by atoms with E-state index in [-0.39, 0.29) is 6.61 Å². The second-order valence-corrected chi connectivity index (χ2v) is 5.34. The molecule has 0 aromatic carbocycles. The Kier molecular flexibility index (Phi) is 3.66. The molecule has 0 saturated carbocycles. The minimum atomic E-state index is -0.0138. The van der Waals surface area contributed by atoms with E-state index in [0.717, 1.165) is 29.6 Å². The molecule has 3 aromatic rings. The van der Waals surface area contributed by atoms with Crippen LogP contribution in [0.15, 0.2) is 36.1 Å². The highest BCUT2D eigenvalue weighted by molar-refractivity contribution is 7.15. The second kappa shape index (κ2) is 5.60. The molecule has 104 valence electrons. The summed E-state index contributed by atoms with van der Waals surface area (Å²) in [6.45, 7) is 3.67. The molecule has 0 unspecified atom stereocenters. The maximum Gasteiger partial charge on any atom is 0.195 e. The number of nitrogens with zero attached hydrogens (tertiary/aromatic N) is 4. The molecule has 5 nitrogen and oxygen atoms in total. The first kappa shape index (κ1) is 13.1. The summed E-state index contributed by atoms with van der Waals surface area (Å²) in [5.41, 5.74) is 2.03. The van der Waals surface area contributed by atoms with Gasteiger partial charge in [0.25, 0.3) is 0 Å². The van der Waals surface area contributed by atoms with E-state index in [0.29, 0.717) is 0 Å². The molecule has 0 amide bonds. The predicted octanol–water partition coefficient (Wildman–Crippen LogP) is 2.31. The average Bonchev–Trinajstić information content (AvgIpc) is 3.06. The second-order valence-electron chi connectivity index (χ2n) is 4.47. The summed E-state index contributed by atoms with van der Waals surface area (Å²) >= 11 is 1.58. The number of anilines is 1. The van der Waals surface area contributed by atoms with E-state index in [4.69, 9.17) is 0 Å². The van der Waals surface area contributed by atoms with Gasteiger partial charge in [-0.2, -0.15) is 0 Å². The number of hydrogen-bond acceptors (Lipinski definition) is 5. The molecule has 0 fully saturated rings. The number of hydrogen-bond donors (Lipinski definition) is 1. The van der Waals surface area contributed by atoms with Crippen LogP contribution in [0.5, 0.6) is 0 Å². The third kappa shape index (κ3) is 2.28. The molecule has 0 aliphatic carbocycles. The molecule has 0 radical (unpaired) electrons. The summed E-state index contributed by atoms with van der Waals surface area (Å²) in [6, 6.07) is 4.00. The quantitative estimate of drug-likeness (QED) is 0.783. The molecular formula is C14H16N4OS.